The van der Waals surface area contributed by atoms with Gasteiger partial charge in [-0.3, -0.25) is 4.90 Å². The van der Waals surface area contributed by atoms with E-state index < -0.39 is 21.7 Å². The Balaban J connectivity index is 1.80. The Labute approximate surface area is 189 Å². The number of aromatic nitrogens is 1. The summed E-state index contributed by atoms with van der Waals surface area (Å²) in [7, 11) is -3.77. The molecule has 168 valence electrons. The van der Waals surface area contributed by atoms with Gasteiger partial charge in [0, 0.05) is 29.9 Å². The van der Waals surface area contributed by atoms with E-state index in [4.69, 9.17) is 4.74 Å². The minimum absolute atomic E-state index is 0.239. The first kappa shape index (κ1) is 22.1. The van der Waals surface area contributed by atoms with Crippen LogP contribution in [0.2, 0.25) is 0 Å². The Hall–Kier alpha value is -3.06. The second-order valence-corrected chi connectivity index (χ2v) is 10.9. The van der Waals surface area contributed by atoms with Gasteiger partial charge in [0.2, 0.25) is 0 Å². The second kappa shape index (κ2) is 8.13. The summed E-state index contributed by atoms with van der Waals surface area (Å²) in [4.78, 5) is 14.4. The minimum atomic E-state index is -3.77. The van der Waals surface area contributed by atoms with Crippen LogP contribution in [0.15, 0.2) is 65.8 Å². The van der Waals surface area contributed by atoms with Crippen LogP contribution in [0, 0.1) is 6.92 Å². The maximum absolute atomic E-state index is 13.4. The third-order valence-corrected chi connectivity index (χ3v) is 7.07. The summed E-state index contributed by atoms with van der Waals surface area (Å²) in [6.45, 7) is 8.00. The van der Waals surface area contributed by atoms with Crippen LogP contribution in [0.25, 0.3) is 16.5 Å². The van der Waals surface area contributed by atoms with Crippen LogP contribution in [0.1, 0.15) is 44.7 Å². The second-order valence-electron chi connectivity index (χ2n) is 9.11. The number of para-hydroxylation sites is 1. The van der Waals surface area contributed by atoms with Crippen LogP contribution < -0.4 is 0 Å². The molecule has 0 aliphatic carbocycles. The highest BCUT2D eigenvalue weighted by Gasteiger charge is 2.26. The van der Waals surface area contributed by atoms with E-state index in [1.807, 2.05) is 45.9 Å². The molecule has 32 heavy (non-hydrogen) atoms. The topological polar surface area (TPSA) is 68.6 Å². The van der Waals surface area contributed by atoms with Gasteiger partial charge in [-0.25, -0.2) is 17.2 Å². The molecular formula is C25H28N2O4S. The first-order valence-electron chi connectivity index (χ1n) is 10.7. The van der Waals surface area contributed by atoms with Crippen molar-refractivity contribution in [3.05, 3.63) is 72.1 Å². The molecule has 2 heterocycles. The predicted molar refractivity (Wildman–Crippen MR) is 126 cm³/mol. The molecule has 1 amide bonds. The molecule has 0 saturated carbocycles. The van der Waals surface area contributed by atoms with Crippen LogP contribution in [0.5, 0.6) is 0 Å². The zero-order chi connectivity index (χ0) is 23.1. The van der Waals surface area contributed by atoms with Crippen LogP contribution in [-0.2, 0) is 14.8 Å². The molecule has 1 aromatic heterocycles. The Bertz CT molecular complexity index is 1300. The molecule has 0 spiro atoms. The number of ether oxygens (including phenoxy) is 1. The van der Waals surface area contributed by atoms with Gasteiger partial charge in [-0.15, -0.1) is 0 Å². The van der Waals surface area contributed by atoms with Gasteiger partial charge in [0.05, 0.1) is 10.4 Å². The van der Waals surface area contributed by atoms with E-state index in [9.17, 15) is 13.2 Å². The molecule has 3 aromatic rings. The molecule has 0 atom stereocenters. The fourth-order valence-corrected chi connectivity index (χ4v) is 5.22. The van der Waals surface area contributed by atoms with E-state index in [0.29, 0.717) is 12.1 Å². The summed E-state index contributed by atoms with van der Waals surface area (Å²) >= 11 is 0. The Morgan fingerprint density at radius 3 is 2.41 bits per heavy atom. The van der Waals surface area contributed by atoms with Gasteiger partial charge >= 0.3 is 6.09 Å². The third kappa shape index (κ3) is 4.30. The number of amides is 1. The van der Waals surface area contributed by atoms with Crippen molar-refractivity contribution in [1.82, 2.24) is 8.87 Å². The van der Waals surface area contributed by atoms with Crippen molar-refractivity contribution in [2.75, 3.05) is 6.54 Å². The monoisotopic (exact) mass is 452 g/mol. The van der Waals surface area contributed by atoms with Gasteiger partial charge < -0.3 is 4.74 Å². The smallest absolute Gasteiger partial charge is 0.414 e. The molecule has 0 radical (unpaired) electrons. The number of nitrogens with zero attached hydrogens (tertiary/aromatic N) is 2. The van der Waals surface area contributed by atoms with E-state index in [1.165, 1.54) is 3.97 Å². The van der Waals surface area contributed by atoms with E-state index >= 15 is 0 Å². The predicted octanol–water partition coefficient (Wildman–Crippen LogP) is 5.56. The molecule has 1 aliphatic heterocycles. The first-order chi connectivity index (χ1) is 15.1. The fourth-order valence-electron chi connectivity index (χ4n) is 3.85. The quantitative estimate of drug-likeness (QED) is 0.522. The van der Waals surface area contributed by atoms with Gasteiger partial charge in [-0.05, 0) is 64.3 Å². The third-order valence-electron chi connectivity index (χ3n) is 5.39. The normalized spacial score (nSPS) is 15.0. The molecule has 1 aliphatic rings. The van der Waals surface area contributed by atoms with Crippen molar-refractivity contribution in [3.63, 3.8) is 0 Å². The molecule has 0 bridgehead atoms. The average Bonchev–Trinajstić information content (AvgIpc) is 3.13. The summed E-state index contributed by atoms with van der Waals surface area (Å²) < 4.78 is 33.7. The molecule has 0 saturated heterocycles. The molecule has 6 nitrogen and oxygen atoms in total. The van der Waals surface area contributed by atoms with Gasteiger partial charge in [0.25, 0.3) is 10.0 Å². The first-order valence-corrected chi connectivity index (χ1v) is 12.1. The maximum atomic E-state index is 13.4. The standard InChI is InChI=1S/C25H28N2O4S/c1-18-11-13-20(14-12-18)32(29,30)27-17-22(21-9-5-6-10-23(21)27)19-8-7-15-26(16-19)24(28)31-25(2,3)4/h5-6,9-14,16-17H,7-8,15H2,1-4H3. The number of benzene rings is 2. The summed E-state index contributed by atoms with van der Waals surface area (Å²) in [6.07, 6.45) is 4.59. The Morgan fingerprint density at radius 2 is 1.72 bits per heavy atom. The SMILES string of the molecule is Cc1ccc(S(=O)(=O)n2cc(C3=CN(C(=O)OC(C)(C)C)CCC3)c3ccccc32)cc1. The maximum Gasteiger partial charge on any atom is 0.414 e. The molecule has 2 aromatic carbocycles. The number of hydrogen-bond donors (Lipinski definition) is 0. The molecule has 0 N–H and O–H groups in total. The Morgan fingerprint density at radius 1 is 1.03 bits per heavy atom. The van der Waals surface area contributed by atoms with Crippen molar-refractivity contribution < 1.29 is 17.9 Å². The lowest BCUT2D eigenvalue weighted by atomic mass is 9.99. The van der Waals surface area contributed by atoms with Gasteiger partial charge in [-0.1, -0.05) is 35.9 Å². The van der Waals surface area contributed by atoms with Gasteiger partial charge in [-0.2, -0.15) is 0 Å². The van der Waals surface area contributed by atoms with E-state index in [0.717, 1.165) is 34.9 Å². The number of allylic oxidation sites excluding steroid dienone is 1. The molecular weight excluding hydrogens is 424 g/mol. The summed E-state index contributed by atoms with van der Waals surface area (Å²) in [5.41, 5.74) is 2.75. The van der Waals surface area contributed by atoms with Crippen LogP contribution >= 0.6 is 0 Å². The van der Waals surface area contributed by atoms with Crippen molar-refractivity contribution in [1.29, 1.82) is 0 Å². The van der Waals surface area contributed by atoms with E-state index in [-0.39, 0.29) is 4.90 Å². The average molecular weight is 453 g/mol. The number of aryl methyl sites for hydroxylation is 1. The van der Waals surface area contributed by atoms with Gasteiger partial charge in [0.1, 0.15) is 5.60 Å². The summed E-state index contributed by atoms with van der Waals surface area (Å²) in [5.74, 6) is 0. The molecule has 0 unspecified atom stereocenters. The lowest BCUT2D eigenvalue weighted by molar-refractivity contribution is 0.0329. The van der Waals surface area contributed by atoms with Crippen molar-refractivity contribution in [3.8, 4) is 0 Å². The number of hydrogen-bond acceptors (Lipinski definition) is 4. The fraction of sp³-hybridized carbons (Fsp3) is 0.320. The van der Waals surface area contributed by atoms with E-state index in [1.54, 1.807) is 47.6 Å². The Kier molecular flexibility index (Phi) is 5.63. The highest BCUT2D eigenvalue weighted by Crippen LogP contribution is 2.34. The molecule has 7 heteroatoms. The van der Waals surface area contributed by atoms with Crippen molar-refractivity contribution in [2.45, 2.75) is 51.0 Å². The van der Waals surface area contributed by atoms with Crippen molar-refractivity contribution >= 4 is 32.6 Å². The van der Waals surface area contributed by atoms with Crippen LogP contribution in [0.4, 0.5) is 4.79 Å². The number of carbonyl (C=O) groups is 1. The number of fused-ring (bicyclic) bond motifs is 1. The minimum Gasteiger partial charge on any atom is -0.443 e. The largest absolute Gasteiger partial charge is 0.443 e. The summed E-state index contributed by atoms with van der Waals surface area (Å²) in [5, 5.41) is 0.834. The van der Waals surface area contributed by atoms with E-state index in [2.05, 4.69) is 0 Å². The number of rotatable bonds is 3. The van der Waals surface area contributed by atoms with Crippen LogP contribution in [-0.4, -0.2) is 35.5 Å². The van der Waals surface area contributed by atoms with Crippen molar-refractivity contribution in [2.24, 2.45) is 0 Å². The number of carbonyl (C=O) groups excluding carboxylic acids is 1. The lowest BCUT2D eigenvalue weighted by Crippen LogP contribution is -2.35. The highest BCUT2D eigenvalue weighted by atomic mass is 32.2. The highest BCUT2D eigenvalue weighted by molar-refractivity contribution is 7.90. The van der Waals surface area contributed by atoms with Gasteiger partial charge in [0.15, 0.2) is 0 Å². The summed E-state index contributed by atoms with van der Waals surface area (Å²) in [6, 6.07) is 14.3. The molecule has 0 fully saturated rings. The van der Waals surface area contributed by atoms with Crippen LogP contribution in [0.3, 0.4) is 0 Å². The molecule has 4 rings (SSSR count). The zero-order valence-corrected chi connectivity index (χ0v) is 19.6. The lowest BCUT2D eigenvalue weighted by Gasteiger charge is -2.28. The zero-order valence-electron chi connectivity index (χ0n) is 18.8.